The summed E-state index contributed by atoms with van der Waals surface area (Å²) in [5.74, 6) is 0.153. The van der Waals surface area contributed by atoms with Crippen LogP contribution in [0.25, 0.3) is 10.2 Å². The van der Waals surface area contributed by atoms with E-state index < -0.39 is 12.4 Å². The number of amides is 2. The van der Waals surface area contributed by atoms with E-state index in [1.165, 1.54) is 30.2 Å². The van der Waals surface area contributed by atoms with Crippen molar-refractivity contribution >= 4 is 38.4 Å². The zero-order valence-corrected chi connectivity index (χ0v) is 17.8. The monoisotopic (exact) mass is 467 g/mol. The van der Waals surface area contributed by atoms with Crippen molar-refractivity contribution in [3.05, 3.63) is 42.5 Å². The lowest BCUT2D eigenvalue weighted by atomic mass is 10.2. The molecule has 170 valence electrons. The molecule has 1 saturated heterocycles. The summed E-state index contributed by atoms with van der Waals surface area (Å²) in [5, 5.41) is 3.16. The Balaban J connectivity index is 1.63. The van der Waals surface area contributed by atoms with Gasteiger partial charge in [0.15, 0.2) is 5.13 Å². The van der Waals surface area contributed by atoms with Crippen LogP contribution >= 0.6 is 11.3 Å². The van der Waals surface area contributed by atoms with Crippen molar-refractivity contribution in [1.82, 2.24) is 4.98 Å². The Morgan fingerprint density at radius 2 is 2.12 bits per heavy atom. The van der Waals surface area contributed by atoms with Crippen LogP contribution in [-0.4, -0.2) is 43.7 Å². The Morgan fingerprint density at radius 1 is 1.31 bits per heavy atom. The number of urea groups is 1. The van der Waals surface area contributed by atoms with Crippen molar-refractivity contribution in [2.75, 3.05) is 30.5 Å². The van der Waals surface area contributed by atoms with Crippen LogP contribution < -0.4 is 19.7 Å². The number of hydrogen-bond donors (Lipinski definition) is 1. The molecule has 32 heavy (non-hydrogen) atoms. The molecule has 1 atom stereocenters. The maximum atomic E-state index is 13.2. The summed E-state index contributed by atoms with van der Waals surface area (Å²) in [6, 6.07) is 10.4. The van der Waals surface area contributed by atoms with Gasteiger partial charge in [-0.05, 0) is 37.1 Å². The minimum absolute atomic E-state index is 0.158. The van der Waals surface area contributed by atoms with Gasteiger partial charge in [-0.3, -0.25) is 4.90 Å². The lowest BCUT2D eigenvalue weighted by molar-refractivity contribution is -0.274. The Morgan fingerprint density at radius 3 is 2.84 bits per heavy atom. The fourth-order valence-electron chi connectivity index (χ4n) is 3.38. The molecule has 0 bridgehead atoms. The molecule has 0 aliphatic carbocycles. The molecule has 4 rings (SSSR count). The third kappa shape index (κ3) is 5.22. The van der Waals surface area contributed by atoms with E-state index >= 15 is 0 Å². The first-order chi connectivity index (χ1) is 15.3. The zero-order chi connectivity index (χ0) is 22.7. The topological polar surface area (TPSA) is 72.9 Å². The molecule has 1 aliphatic rings. The van der Waals surface area contributed by atoms with Crippen LogP contribution in [-0.2, 0) is 4.74 Å². The standard InChI is InChI=1S/C21H20F3N3O4S/c1-29-17-7-3-2-6-15(17)25-19(28)27(12-14-5-4-10-30-14)20-26-16-9-8-13(11-18(16)32-20)31-21(22,23)24/h2-3,6-9,11,14H,4-5,10,12H2,1H3,(H,25,28). The van der Waals surface area contributed by atoms with Crippen molar-refractivity contribution in [2.24, 2.45) is 0 Å². The first kappa shape index (κ1) is 22.2. The lowest BCUT2D eigenvalue weighted by Gasteiger charge is -2.23. The fourth-order valence-corrected chi connectivity index (χ4v) is 4.38. The molecule has 3 aromatic rings. The molecular weight excluding hydrogens is 447 g/mol. The number of methoxy groups -OCH3 is 1. The predicted octanol–water partition coefficient (Wildman–Crippen LogP) is 5.42. The van der Waals surface area contributed by atoms with E-state index in [1.54, 1.807) is 24.3 Å². The van der Waals surface area contributed by atoms with Crippen molar-refractivity contribution in [2.45, 2.75) is 25.3 Å². The number of thiazole rings is 1. The molecule has 1 fully saturated rings. The highest BCUT2D eigenvalue weighted by atomic mass is 32.1. The van der Waals surface area contributed by atoms with Crippen molar-refractivity contribution < 1.29 is 32.2 Å². The van der Waals surface area contributed by atoms with Gasteiger partial charge in [0.05, 0.1) is 35.7 Å². The number of nitrogens with one attached hydrogen (secondary N) is 1. The summed E-state index contributed by atoms with van der Waals surface area (Å²) < 4.78 is 53.1. The molecule has 1 unspecified atom stereocenters. The van der Waals surface area contributed by atoms with Crippen LogP contribution in [0.1, 0.15) is 12.8 Å². The summed E-state index contributed by atoms with van der Waals surface area (Å²) in [6.45, 7) is 0.872. The zero-order valence-electron chi connectivity index (χ0n) is 17.0. The highest BCUT2D eigenvalue weighted by Crippen LogP contribution is 2.34. The van der Waals surface area contributed by atoms with Gasteiger partial charge in [0, 0.05) is 12.7 Å². The SMILES string of the molecule is COc1ccccc1NC(=O)N(CC1CCCO1)c1nc2ccc(OC(F)(F)F)cc2s1. The fraction of sp³-hybridized carbons (Fsp3) is 0.333. The number of para-hydroxylation sites is 2. The molecule has 0 saturated carbocycles. The molecule has 2 amide bonds. The number of alkyl halides is 3. The normalized spacial score (nSPS) is 16.2. The molecule has 2 aromatic carbocycles. The number of hydrogen-bond acceptors (Lipinski definition) is 6. The van der Waals surface area contributed by atoms with Crippen molar-refractivity contribution in [1.29, 1.82) is 0 Å². The number of aromatic nitrogens is 1. The average Bonchev–Trinajstić information content (AvgIpc) is 3.40. The third-order valence-corrected chi connectivity index (χ3v) is 5.86. The van der Waals surface area contributed by atoms with Crippen molar-refractivity contribution in [3.8, 4) is 11.5 Å². The highest BCUT2D eigenvalue weighted by Gasteiger charge is 2.31. The number of carbonyl (C=O) groups excluding carboxylic acids is 1. The van der Waals surface area contributed by atoms with E-state index in [1.807, 2.05) is 0 Å². The van der Waals surface area contributed by atoms with Crippen LogP contribution in [0.3, 0.4) is 0 Å². The molecule has 1 aliphatic heterocycles. The largest absolute Gasteiger partial charge is 0.573 e. The molecule has 0 spiro atoms. The number of benzene rings is 2. The van der Waals surface area contributed by atoms with Crippen LogP contribution in [0.15, 0.2) is 42.5 Å². The lowest BCUT2D eigenvalue weighted by Crippen LogP contribution is -2.40. The van der Waals surface area contributed by atoms with Gasteiger partial charge in [0.1, 0.15) is 11.5 Å². The summed E-state index contributed by atoms with van der Waals surface area (Å²) in [6.07, 6.45) is -3.26. The maximum absolute atomic E-state index is 13.2. The van der Waals surface area contributed by atoms with E-state index in [0.29, 0.717) is 33.4 Å². The maximum Gasteiger partial charge on any atom is 0.573 e. The van der Waals surface area contributed by atoms with E-state index in [9.17, 15) is 18.0 Å². The Kier molecular flexibility index (Phi) is 6.38. The molecule has 2 heterocycles. The summed E-state index contributed by atoms with van der Waals surface area (Å²) in [5.41, 5.74) is 0.946. The summed E-state index contributed by atoms with van der Waals surface area (Å²) in [7, 11) is 1.50. The second kappa shape index (κ2) is 9.21. The molecule has 11 heteroatoms. The molecule has 1 aromatic heterocycles. The molecule has 7 nitrogen and oxygen atoms in total. The number of ether oxygens (including phenoxy) is 3. The molecular formula is C21H20F3N3O4S. The summed E-state index contributed by atoms with van der Waals surface area (Å²) >= 11 is 1.10. The first-order valence-corrected chi connectivity index (χ1v) is 10.6. The minimum Gasteiger partial charge on any atom is -0.495 e. The van der Waals surface area contributed by atoms with Gasteiger partial charge < -0.3 is 19.5 Å². The number of nitrogens with zero attached hydrogens (tertiary/aromatic N) is 2. The number of halogens is 3. The Bertz CT molecular complexity index is 1100. The number of rotatable bonds is 6. The second-order valence-electron chi connectivity index (χ2n) is 7.05. The van der Waals surface area contributed by atoms with Gasteiger partial charge in [-0.1, -0.05) is 23.5 Å². The van der Waals surface area contributed by atoms with Gasteiger partial charge in [-0.2, -0.15) is 0 Å². The van der Waals surface area contributed by atoms with Crippen LogP contribution in [0.4, 0.5) is 28.8 Å². The van der Waals surface area contributed by atoms with E-state index in [2.05, 4.69) is 15.0 Å². The minimum atomic E-state index is -4.79. The van der Waals surface area contributed by atoms with E-state index in [-0.39, 0.29) is 18.4 Å². The second-order valence-corrected chi connectivity index (χ2v) is 8.06. The Hall–Kier alpha value is -3.05. The number of fused-ring (bicyclic) bond motifs is 1. The Labute approximate surface area is 185 Å². The summed E-state index contributed by atoms with van der Waals surface area (Å²) in [4.78, 5) is 19.1. The quantitative estimate of drug-likeness (QED) is 0.524. The van der Waals surface area contributed by atoms with E-state index in [4.69, 9.17) is 9.47 Å². The van der Waals surface area contributed by atoms with Gasteiger partial charge >= 0.3 is 12.4 Å². The van der Waals surface area contributed by atoms with Gasteiger partial charge in [-0.25, -0.2) is 9.78 Å². The smallest absolute Gasteiger partial charge is 0.495 e. The van der Waals surface area contributed by atoms with Crippen LogP contribution in [0.5, 0.6) is 11.5 Å². The predicted molar refractivity (Wildman–Crippen MR) is 115 cm³/mol. The van der Waals surface area contributed by atoms with Crippen molar-refractivity contribution in [3.63, 3.8) is 0 Å². The average molecular weight is 467 g/mol. The van der Waals surface area contributed by atoms with Gasteiger partial charge in [-0.15, -0.1) is 13.2 Å². The first-order valence-electron chi connectivity index (χ1n) is 9.82. The number of anilines is 2. The van der Waals surface area contributed by atoms with Crippen LogP contribution in [0, 0.1) is 0 Å². The number of carbonyl (C=O) groups is 1. The molecule has 1 N–H and O–H groups in total. The van der Waals surface area contributed by atoms with E-state index in [0.717, 1.165) is 24.2 Å². The van der Waals surface area contributed by atoms with Crippen LogP contribution in [0.2, 0.25) is 0 Å². The van der Waals surface area contributed by atoms with Gasteiger partial charge in [0.2, 0.25) is 0 Å². The van der Waals surface area contributed by atoms with Gasteiger partial charge in [0.25, 0.3) is 0 Å². The highest BCUT2D eigenvalue weighted by molar-refractivity contribution is 7.22. The molecule has 0 radical (unpaired) electrons. The third-order valence-electron chi connectivity index (χ3n) is 4.82.